The van der Waals surface area contributed by atoms with Gasteiger partial charge < -0.3 is 4.74 Å². The largest absolute Gasteiger partial charge is 0.379 e. The Bertz CT molecular complexity index is 828. The van der Waals surface area contributed by atoms with Crippen LogP contribution >= 0.6 is 0 Å². The predicted molar refractivity (Wildman–Crippen MR) is 102 cm³/mol. The van der Waals surface area contributed by atoms with E-state index < -0.39 is 10.0 Å². The number of pyridine rings is 1. The summed E-state index contributed by atoms with van der Waals surface area (Å²) in [4.78, 5) is 4.31. The molecule has 5 nitrogen and oxygen atoms in total. The molecule has 0 saturated carbocycles. The lowest BCUT2D eigenvalue weighted by molar-refractivity contribution is 0.183. The Kier molecular flexibility index (Phi) is 5.46. The smallest absolute Gasteiger partial charge is 0.240 e. The van der Waals surface area contributed by atoms with E-state index in [9.17, 15) is 8.42 Å². The number of hydrogen-bond donors (Lipinski definition) is 1. The second kappa shape index (κ2) is 7.47. The third-order valence-corrected chi connectivity index (χ3v) is 6.29. The van der Waals surface area contributed by atoms with E-state index in [-0.39, 0.29) is 17.4 Å². The molecule has 1 fully saturated rings. The van der Waals surface area contributed by atoms with Crippen molar-refractivity contribution in [1.29, 1.82) is 0 Å². The summed E-state index contributed by atoms with van der Waals surface area (Å²) in [5.74, 6) is 0.112. The van der Waals surface area contributed by atoms with Crippen molar-refractivity contribution in [3.63, 3.8) is 0 Å². The van der Waals surface area contributed by atoms with Gasteiger partial charge in [0, 0.05) is 18.3 Å². The normalized spacial score (nSPS) is 21.0. The van der Waals surface area contributed by atoms with Crippen LogP contribution in [0.25, 0.3) is 0 Å². The fourth-order valence-corrected chi connectivity index (χ4v) is 4.44. The zero-order chi connectivity index (χ0) is 18.8. The first kappa shape index (κ1) is 19.0. The molecule has 1 aliphatic rings. The molecule has 1 saturated heterocycles. The van der Waals surface area contributed by atoms with Crippen molar-refractivity contribution in [3.05, 3.63) is 59.9 Å². The fraction of sp³-hybridized carbons (Fsp3) is 0.450. The Hall–Kier alpha value is -1.76. The number of aromatic nitrogens is 1. The second-order valence-corrected chi connectivity index (χ2v) is 9.57. The van der Waals surface area contributed by atoms with Gasteiger partial charge in [-0.05, 0) is 47.2 Å². The van der Waals surface area contributed by atoms with Gasteiger partial charge in [-0.2, -0.15) is 0 Å². The molecule has 2 atom stereocenters. The molecule has 2 heterocycles. The standard InChI is InChI=1S/C20H26N2O3S/c1-20(2,3)17-4-6-18(7-5-17)26(23,24)22-19-14-25-13-16(19)12-15-8-10-21-11-9-15/h4-11,16,19,22H,12-14H2,1-3H3/t16-,19-/m1/s1. The SMILES string of the molecule is CC(C)(C)c1ccc(S(=O)(=O)N[C@@H]2COC[C@H]2Cc2ccncc2)cc1. The van der Waals surface area contributed by atoms with Gasteiger partial charge in [0.2, 0.25) is 10.0 Å². The highest BCUT2D eigenvalue weighted by molar-refractivity contribution is 7.89. The molecule has 0 radical (unpaired) electrons. The van der Waals surface area contributed by atoms with E-state index in [2.05, 4.69) is 30.5 Å². The topological polar surface area (TPSA) is 68.3 Å². The van der Waals surface area contributed by atoms with E-state index in [4.69, 9.17) is 4.74 Å². The first-order valence-corrected chi connectivity index (χ1v) is 10.3. The van der Waals surface area contributed by atoms with Crippen LogP contribution in [0.1, 0.15) is 31.9 Å². The van der Waals surface area contributed by atoms with E-state index in [1.165, 1.54) is 0 Å². The summed E-state index contributed by atoms with van der Waals surface area (Å²) < 4.78 is 33.9. The molecule has 140 valence electrons. The van der Waals surface area contributed by atoms with Crippen molar-refractivity contribution in [2.45, 2.75) is 43.5 Å². The van der Waals surface area contributed by atoms with Gasteiger partial charge in [0.1, 0.15) is 0 Å². The lowest BCUT2D eigenvalue weighted by atomic mass is 9.87. The summed E-state index contributed by atoms with van der Waals surface area (Å²) in [6.45, 7) is 7.27. The van der Waals surface area contributed by atoms with E-state index >= 15 is 0 Å². The zero-order valence-corrected chi connectivity index (χ0v) is 16.3. The molecular weight excluding hydrogens is 348 g/mol. The molecule has 1 aromatic carbocycles. The number of nitrogens with zero attached hydrogens (tertiary/aromatic N) is 1. The molecule has 0 amide bonds. The molecule has 0 spiro atoms. The van der Waals surface area contributed by atoms with Gasteiger partial charge in [0.05, 0.1) is 24.2 Å². The maximum atomic E-state index is 12.8. The Morgan fingerprint density at radius 3 is 2.35 bits per heavy atom. The molecule has 3 rings (SSSR count). The number of ether oxygens (including phenoxy) is 1. The summed E-state index contributed by atoms with van der Waals surface area (Å²) in [6.07, 6.45) is 4.26. The Balaban J connectivity index is 1.72. The molecule has 0 bridgehead atoms. The predicted octanol–water partition coefficient (Wildman–Crippen LogP) is 2.92. The Morgan fingerprint density at radius 1 is 1.08 bits per heavy atom. The van der Waals surface area contributed by atoms with Crippen molar-refractivity contribution in [2.75, 3.05) is 13.2 Å². The van der Waals surface area contributed by atoms with Gasteiger partial charge in [-0.25, -0.2) is 13.1 Å². The fourth-order valence-electron chi connectivity index (χ4n) is 3.15. The van der Waals surface area contributed by atoms with Crippen molar-refractivity contribution in [2.24, 2.45) is 5.92 Å². The quantitative estimate of drug-likeness (QED) is 0.874. The van der Waals surface area contributed by atoms with Crippen LogP contribution < -0.4 is 4.72 Å². The van der Waals surface area contributed by atoms with E-state index in [1.807, 2.05) is 24.3 Å². The molecule has 1 N–H and O–H groups in total. The number of nitrogens with one attached hydrogen (secondary N) is 1. The molecule has 1 aliphatic heterocycles. The van der Waals surface area contributed by atoms with Crippen LogP contribution in [0, 0.1) is 5.92 Å². The van der Waals surface area contributed by atoms with Crippen LogP contribution in [0.3, 0.4) is 0 Å². The monoisotopic (exact) mass is 374 g/mol. The van der Waals surface area contributed by atoms with Gasteiger partial charge in [-0.15, -0.1) is 0 Å². The highest BCUT2D eigenvalue weighted by Gasteiger charge is 2.32. The van der Waals surface area contributed by atoms with Crippen LogP contribution in [0.4, 0.5) is 0 Å². The number of rotatable bonds is 5. The molecule has 26 heavy (non-hydrogen) atoms. The van der Waals surface area contributed by atoms with Crippen molar-refractivity contribution < 1.29 is 13.2 Å². The van der Waals surface area contributed by atoms with Gasteiger partial charge >= 0.3 is 0 Å². The van der Waals surface area contributed by atoms with Crippen LogP contribution in [-0.4, -0.2) is 32.7 Å². The summed E-state index contributed by atoms with van der Waals surface area (Å²) in [7, 11) is -3.57. The molecule has 0 aliphatic carbocycles. The van der Waals surface area contributed by atoms with Crippen LogP contribution in [0.5, 0.6) is 0 Å². The minimum Gasteiger partial charge on any atom is -0.379 e. The number of sulfonamides is 1. The third kappa shape index (κ3) is 4.50. The lowest BCUT2D eigenvalue weighted by Crippen LogP contribution is -2.40. The molecular formula is C20H26N2O3S. The van der Waals surface area contributed by atoms with Crippen molar-refractivity contribution in [1.82, 2.24) is 9.71 Å². The van der Waals surface area contributed by atoms with Gasteiger partial charge in [0.15, 0.2) is 0 Å². The lowest BCUT2D eigenvalue weighted by Gasteiger charge is -2.21. The Labute approximate surface area is 155 Å². The maximum Gasteiger partial charge on any atom is 0.240 e. The van der Waals surface area contributed by atoms with Gasteiger partial charge in [-0.3, -0.25) is 4.98 Å². The minimum absolute atomic E-state index is 0.00928. The first-order valence-electron chi connectivity index (χ1n) is 8.85. The van der Waals surface area contributed by atoms with E-state index in [0.29, 0.717) is 18.1 Å². The Morgan fingerprint density at radius 2 is 1.73 bits per heavy atom. The summed E-state index contributed by atoms with van der Waals surface area (Å²) in [5, 5.41) is 0. The van der Waals surface area contributed by atoms with E-state index in [1.54, 1.807) is 24.5 Å². The van der Waals surface area contributed by atoms with Crippen LogP contribution in [0.2, 0.25) is 0 Å². The molecule has 2 aromatic rings. The number of benzene rings is 1. The zero-order valence-electron chi connectivity index (χ0n) is 15.5. The maximum absolute atomic E-state index is 12.8. The average molecular weight is 375 g/mol. The average Bonchev–Trinajstić information content (AvgIpc) is 3.01. The second-order valence-electron chi connectivity index (χ2n) is 7.86. The highest BCUT2D eigenvalue weighted by Crippen LogP contribution is 2.25. The van der Waals surface area contributed by atoms with E-state index in [0.717, 1.165) is 17.5 Å². The van der Waals surface area contributed by atoms with Crippen LogP contribution in [0.15, 0.2) is 53.7 Å². The summed E-state index contributed by atoms with van der Waals surface area (Å²) in [5.41, 5.74) is 2.23. The van der Waals surface area contributed by atoms with Gasteiger partial charge in [-0.1, -0.05) is 32.9 Å². The molecule has 6 heteroatoms. The molecule has 0 unspecified atom stereocenters. The third-order valence-electron chi connectivity index (χ3n) is 4.78. The van der Waals surface area contributed by atoms with Crippen molar-refractivity contribution >= 4 is 10.0 Å². The van der Waals surface area contributed by atoms with Gasteiger partial charge in [0.25, 0.3) is 0 Å². The highest BCUT2D eigenvalue weighted by atomic mass is 32.2. The molecule has 1 aromatic heterocycles. The summed E-state index contributed by atoms with van der Waals surface area (Å²) >= 11 is 0. The minimum atomic E-state index is -3.57. The summed E-state index contributed by atoms with van der Waals surface area (Å²) in [6, 6.07) is 10.8. The van der Waals surface area contributed by atoms with Crippen LogP contribution in [-0.2, 0) is 26.6 Å². The number of hydrogen-bond acceptors (Lipinski definition) is 4. The van der Waals surface area contributed by atoms with Crippen molar-refractivity contribution in [3.8, 4) is 0 Å². The first-order chi connectivity index (χ1) is 12.3.